The van der Waals surface area contributed by atoms with Crippen molar-refractivity contribution < 1.29 is 32.4 Å². The molecule has 2 atom stereocenters. The van der Waals surface area contributed by atoms with E-state index in [0.29, 0.717) is 5.69 Å². The zero-order valence-corrected chi connectivity index (χ0v) is 28.6. The van der Waals surface area contributed by atoms with E-state index in [4.69, 9.17) is 37.6 Å². The number of aliphatic hydroxyl groups is 1. The minimum absolute atomic E-state index is 0.0377. The molecule has 0 unspecified atom stereocenters. The number of hydrogen-bond acceptors (Lipinski definition) is 8. The number of rotatable bonds is 10. The molecule has 16 heteroatoms. The van der Waals surface area contributed by atoms with Gasteiger partial charge in [-0.1, -0.05) is 47.5 Å². The van der Waals surface area contributed by atoms with Crippen LogP contribution < -0.4 is 20.4 Å². The monoisotopic (exact) mass is 691 g/mol. The molecule has 3 aromatic rings. The average Bonchev–Trinajstić information content (AvgIpc) is 3.56. The number of aromatic nitrogens is 2. The molecular weight excluding hydrogens is 656 g/mol. The number of nitrogens with one attached hydrogen (secondary N) is 2. The molecule has 1 aromatic heterocycles. The SMILES string of the molecule is C[C@H](NS(=O)(=O)c1cnc2n1[C@](C)(Cc1ccc(B3OC(C)(C)C(C)(C)O3)cc1)C(=O)N2c1cc(Cl)cc(Cl)c1)C(=O)NCCO. The van der Waals surface area contributed by atoms with Gasteiger partial charge >= 0.3 is 7.12 Å². The Morgan fingerprint density at radius 2 is 1.63 bits per heavy atom. The van der Waals surface area contributed by atoms with Gasteiger partial charge in [-0.15, -0.1) is 0 Å². The largest absolute Gasteiger partial charge is 0.494 e. The summed E-state index contributed by atoms with van der Waals surface area (Å²) in [4.78, 5) is 32.4. The van der Waals surface area contributed by atoms with E-state index in [1.165, 1.54) is 34.6 Å². The van der Waals surface area contributed by atoms with Crippen LogP contribution >= 0.6 is 23.2 Å². The number of carbonyl (C=O) groups excluding carboxylic acids is 2. The standard InChI is InChI=1S/C30H36BCl2N5O7S/c1-18(25(40)34-11-12-39)36-46(42,43)24-17-35-27-37(23-14-21(32)13-22(33)15-23)26(41)30(6,38(24)27)16-19-7-9-20(10-8-19)31-44-28(2,3)29(4,5)45-31/h7-10,13-15,17-18,36,39H,11-12,16H2,1-6H3,(H,34,40)/t18-,30+/m0/s1. The maximum Gasteiger partial charge on any atom is 0.494 e. The zero-order chi connectivity index (χ0) is 33.8. The van der Waals surface area contributed by atoms with Gasteiger partial charge in [0.2, 0.25) is 11.9 Å². The summed E-state index contributed by atoms with van der Waals surface area (Å²) in [5, 5.41) is 11.7. The summed E-state index contributed by atoms with van der Waals surface area (Å²) >= 11 is 12.6. The van der Waals surface area contributed by atoms with Crippen LogP contribution in [-0.4, -0.2) is 72.4 Å². The molecule has 1 saturated heterocycles. The van der Waals surface area contributed by atoms with Gasteiger partial charge in [0.25, 0.3) is 15.9 Å². The van der Waals surface area contributed by atoms with E-state index in [0.717, 1.165) is 17.2 Å². The lowest BCUT2D eigenvalue weighted by Crippen LogP contribution is -2.47. The number of nitrogens with zero attached hydrogens (tertiary/aromatic N) is 3. The molecule has 2 aliphatic rings. The molecule has 46 heavy (non-hydrogen) atoms. The minimum atomic E-state index is -4.40. The molecular formula is C30H36BCl2N5O7S. The lowest BCUT2D eigenvalue weighted by Gasteiger charge is -2.32. The number of anilines is 2. The number of sulfonamides is 1. The Morgan fingerprint density at radius 3 is 2.20 bits per heavy atom. The van der Waals surface area contributed by atoms with Crippen molar-refractivity contribution in [1.29, 1.82) is 0 Å². The highest BCUT2D eigenvalue weighted by Crippen LogP contribution is 2.44. The van der Waals surface area contributed by atoms with Crippen molar-refractivity contribution in [3.05, 3.63) is 64.3 Å². The average molecular weight is 692 g/mol. The van der Waals surface area contributed by atoms with Crippen LogP contribution in [0.1, 0.15) is 47.1 Å². The first kappa shape index (κ1) is 34.4. The highest BCUT2D eigenvalue weighted by atomic mass is 35.5. The molecule has 0 radical (unpaired) electrons. The Bertz CT molecular complexity index is 1750. The minimum Gasteiger partial charge on any atom is -0.399 e. The Kier molecular flexibility index (Phi) is 9.14. The summed E-state index contributed by atoms with van der Waals surface area (Å²) in [6.07, 6.45) is 1.22. The Balaban J connectivity index is 1.53. The van der Waals surface area contributed by atoms with E-state index in [2.05, 4.69) is 15.0 Å². The van der Waals surface area contributed by atoms with Crippen molar-refractivity contribution in [3.8, 4) is 0 Å². The lowest BCUT2D eigenvalue weighted by atomic mass is 9.78. The van der Waals surface area contributed by atoms with E-state index in [9.17, 15) is 18.0 Å². The second kappa shape index (κ2) is 12.2. The smallest absolute Gasteiger partial charge is 0.399 e. The molecule has 1 fully saturated rings. The molecule has 2 aromatic carbocycles. The maximum absolute atomic E-state index is 14.4. The Hall–Kier alpha value is -2.98. The van der Waals surface area contributed by atoms with Crippen LogP contribution in [-0.2, 0) is 40.9 Å². The zero-order valence-electron chi connectivity index (χ0n) is 26.3. The fraction of sp³-hybridized carbons (Fsp3) is 0.433. The second-order valence-electron chi connectivity index (χ2n) is 12.6. The molecule has 3 heterocycles. The summed E-state index contributed by atoms with van der Waals surface area (Å²) in [6.45, 7) is 10.5. The summed E-state index contributed by atoms with van der Waals surface area (Å²) in [5.74, 6) is -1.05. The molecule has 12 nitrogen and oxygen atoms in total. The molecule has 0 aliphatic carbocycles. The van der Waals surface area contributed by atoms with Gasteiger partial charge in [-0.05, 0) is 70.8 Å². The number of benzene rings is 2. The molecule has 0 spiro atoms. The molecule has 246 valence electrons. The van der Waals surface area contributed by atoms with Gasteiger partial charge in [0.15, 0.2) is 5.03 Å². The Labute approximate surface area is 278 Å². The lowest BCUT2D eigenvalue weighted by molar-refractivity contribution is -0.124. The van der Waals surface area contributed by atoms with Crippen molar-refractivity contribution in [3.63, 3.8) is 0 Å². The van der Waals surface area contributed by atoms with Gasteiger partial charge < -0.3 is 19.7 Å². The highest BCUT2D eigenvalue weighted by Gasteiger charge is 2.53. The van der Waals surface area contributed by atoms with Crippen LogP contribution in [0.25, 0.3) is 0 Å². The molecule has 2 aliphatic heterocycles. The van der Waals surface area contributed by atoms with Crippen LogP contribution in [0.5, 0.6) is 0 Å². The van der Waals surface area contributed by atoms with E-state index in [-0.39, 0.29) is 40.6 Å². The molecule has 3 N–H and O–H groups in total. The van der Waals surface area contributed by atoms with Crippen molar-refractivity contribution in [2.24, 2.45) is 0 Å². The third-order valence-electron chi connectivity index (χ3n) is 8.64. The van der Waals surface area contributed by atoms with Crippen molar-refractivity contribution in [2.75, 3.05) is 18.1 Å². The third kappa shape index (κ3) is 6.19. The van der Waals surface area contributed by atoms with Crippen molar-refractivity contribution in [2.45, 2.75) is 75.8 Å². The highest BCUT2D eigenvalue weighted by molar-refractivity contribution is 7.89. The van der Waals surface area contributed by atoms with E-state index in [1.807, 2.05) is 52.0 Å². The predicted molar refractivity (Wildman–Crippen MR) is 175 cm³/mol. The van der Waals surface area contributed by atoms with Crippen LogP contribution in [0.2, 0.25) is 10.0 Å². The number of carbonyl (C=O) groups is 2. The Morgan fingerprint density at radius 1 is 1.04 bits per heavy atom. The van der Waals surface area contributed by atoms with Crippen molar-refractivity contribution >= 4 is 69.3 Å². The summed E-state index contributed by atoms with van der Waals surface area (Å²) in [7, 11) is -4.98. The van der Waals surface area contributed by atoms with E-state index >= 15 is 0 Å². The number of aliphatic hydroxyl groups excluding tert-OH is 1. The van der Waals surface area contributed by atoms with E-state index < -0.39 is 51.7 Å². The number of amides is 2. The summed E-state index contributed by atoms with van der Waals surface area (Å²) in [5.41, 5.74) is -0.684. The predicted octanol–water partition coefficient (Wildman–Crippen LogP) is 2.90. The molecule has 5 rings (SSSR count). The van der Waals surface area contributed by atoms with Crippen LogP contribution in [0, 0.1) is 0 Å². The molecule has 2 amide bonds. The number of halogens is 2. The topological polar surface area (TPSA) is 152 Å². The fourth-order valence-electron chi connectivity index (χ4n) is 5.47. The van der Waals surface area contributed by atoms with Gasteiger partial charge in [-0.25, -0.2) is 18.3 Å². The number of fused-ring (bicyclic) bond motifs is 1. The van der Waals surface area contributed by atoms with Gasteiger partial charge in [-0.3, -0.25) is 14.2 Å². The van der Waals surface area contributed by atoms with Gasteiger partial charge in [0.05, 0.1) is 35.7 Å². The van der Waals surface area contributed by atoms with Gasteiger partial charge in [0.1, 0.15) is 5.54 Å². The quantitative estimate of drug-likeness (QED) is 0.275. The number of hydrogen-bond donors (Lipinski definition) is 3. The first-order valence-corrected chi connectivity index (χ1v) is 16.9. The van der Waals surface area contributed by atoms with Gasteiger partial charge in [0, 0.05) is 23.0 Å². The molecule has 0 saturated carbocycles. The second-order valence-corrected chi connectivity index (χ2v) is 15.2. The van der Waals surface area contributed by atoms with Crippen molar-refractivity contribution in [1.82, 2.24) is 19.6 Å². The summed E-state index contributed by atoms with van der Waals surface area (Å²) < 4.78 is 43.5. The fourth-order valence-corrected chi connectivity index (χ4v) is 7.39. The van der Waals surface area contributed by atoms with Crippen LogP contribution in [0.4, 0.5) is 11.6 Å². The normalized spacial score (nSPS) is 21.0. The first-order valence-electron chi connectivity index (χ1n) is 14.6. The van der Waals surface area contributed by atoms with E-state index in [1.54, 1.807) is 6.92 Å². The van der Waals surface area contributed by atoms with Crippen LogP contribution in [0.3, 0.4) is 0 Å². The molecule has 0 bridgehead atoms. The summed E-state index contributed by atoms with van der Waals surface area (Å²) in [6, 6.07) is 10.8. The maximum atomic E-state index is 14.4. The van der Waals surface area contributed by atoms with Crippen LogP contribution in [0.15, 0.2) is 53.7 Å². The first-order chi connectivity index (χ1) is 21.4. The number of imidazole rings is 1. The van der Waals surface area contributed by atoms with Gasteiger partial charge in [-0.2, -0.15) is 4.72 Å². The third-order valence-corrected chi connectivity index (χ3v) is 10.6.